The number of hydrogen-bond acceptors (Lipinski definition) is 6. The van der Waals surface area contributed by atoms with Crippen molar-refractivity contribution in [2.75, 3.05) is 19.7 Å². The van der Waals surface area contributed by atoms with Gasteiger partial charge < -0.3 is 30.5 Å². The third kappa shape index (κ3) is 12.4. The van der Waals surface area contributed by atoms with Crippen molar-refractivity contribution >= 4 is 12.5 Å². The van der Waals surface area contributed by atoms with Crippen LogP contribution in [0.25, 0.3) is 0 Å². The molecule has 4 N–H and O–H groups in total. The third-order valence-electron chi connectivity index (χ3n) is 5.65. The molecule has 0 aliphatic rings. The van der Waals surface area contributed by atoms with Gasteiger partial charge in [0.25, 0.3) is 0 Å². The Hall–Kier alpha value is -3.08. The zero-order chi connectivity index (χ0) is 28.1. The molecule has 10 heteroatoms. The van der Waals surface area contributed by atoms with Gasteiger partial charge >= 0.3 is 6.09 Å². The number of amides is 2. The van der Waals surface area contributed by atoms with Gasteiger partial charge in [0.15, 0.2) is 0 Å². The third-order valence-corrected chi connectivity index (χ3v) is 5.65. The number of carbonyl (C=O) groups excluding carboxylic acids is 2. The number of carbonyl (C=O) groups is 2. The van der Waals surface area contributed by atoms with Gasteiger partial charge in [0.1, 0.15) is 17.2 Å². The quantitative estimate of drug-likeness (QED) is 0.261. The molecule has 0 saturated heterocycles. The van der Waals surface area contributed by atoms with E-state index in [0.717, 1.165) is 18.0 Å². The Labute approximate surface area is 223 Å². The van der Waals surface area contributed by atoms with Crippen LogP contribution < -0.4 is 10.6 Å². The molecule has 0 bridgehead atoms. The lowest BCUT2D eigenvalue weighted by molar-refractivity contribution is -0.119. The fourth-order valence-electron chi connectivity index (χ4n) is 4.05. The van der Waals surface area contributed by atoms with Crippen LogP contribution in [0.15, 0.2) is 48.5 Å². The summed E-state index contributed by atoms with van der Waals surface area (Å²) in [6.45, 7) is 5.77. The first-order chi connectivity index (χ1) is 18.0. The lowest BCUT2D eigenvalue weighted by Crippen LogP contribution is -2.46. The standard InChI is InChI=1S/C28H39F2N3O5/c1-28(2,3)38-27(37)32-24(13-21-11-22(29)14-23(30)12-21)9-10-31-25(15-26(36)18-34)17-33(19-35)16-20-7-5-4-6-8-20/h4-8,11-12,14,19,24-26,31,34,36H,9-10,13,15-18H2,1-3H3,(H,32,37)/t24-,25?,26?/m1/s1. The van der Waals surface area contributed by atoms with Crippen LogP contribution in [0, 0.1) is 11.6 Å². The zero-order valence-corrected chi connectivity index (χ0v) is 22.2. The van der Waals surface area contributed by atoms with Gasteiger partial charge in [-0.3, -0.25) is 4.79 Å². The van der Waals surface area contributed by atoms with E-state index in [-0.39, 0.29) is 25.4 Å². The highest BCUT2D eigenvalue weighted by atomic mass is 19.1. The summed E-state index contributed by atoms with van der Waals surface area (Å²) < 4.78 is 32.8. The molecule has 2 rings (SSSR count). The van der Waals surface area contributed by atoms with E-state index in [2.05, 4.69) is 10.6 Å². The fraction of sp³-hybridized carbons (Fsp3) is 0.500. The Bertz CT molecular complexity index is 983. The van der Waals surface area contributed by atoms with Crippen molar-refractivity contribution < 1.29 is 33.3 Å². The van der Waals surface area contributed by atoms with Gasteiger partial charge in [0, 0.05) is 31.2 Å². The second-order valence-electron chi connectivity index (χ2n) is 10.4. The minimum atomic E-state index is -0.983. The molecular formula is C28H39F2N3O5. The number of rotatable bonds is 15. The zero-order valence-electron chi connectivity index (χ0n) is 22.2. The Balaban J connectivity index is 2.07. The average molecular weight is 536 g/mol. The van der Waals surface area contributed by atoms with E-state index in [1.54, 1.807) is 25.7 Å². The van der Waals surface area contributed by atoms with Gasteiger partial charge in [-0.2, -0.15) is 0 Å². The van der Waals surface area contributed by atoms with Crippen molar-refractivity contribution in [3.05, 3.63) is 71.3 Å². The first kappa shape index (κ1) is 31.1. The van der Waals surface area contributed by atoms with E-state index >= 15 is 0 Å². The van der Waals surface area contributed by atoms with Crippen LogP contribution in [-0.4, -0.2) is 71.1 Å². The molecule has 0 aliphatic heterocycles. The molecule has 0 heterocycles. The molecular weight excluding hydrogens is 496 g/mol. The first-order valence-electron chi connectivity index (χ1n) is 12.7. The number of nitrogens with zero attached hydrogens (tertiary/aromatic N) is 1. The molecule has 2 aromatic rings. The summed E-state index contributed by atoms with van der Waals surface area (Å²) in [5.41, 5.74) is 0.608. The number of hydrogen-bond donors (Lipinski definition) is 4. The van der Waals surface area contributed by atoms with E-state index in [1.807, 2.05) is 30.3 Å². The molecule has 0 spiro atoms. The summed E-state index contributed by atoms with van der Waals surface area (Å²) in [7, 11) is 0. The van der Waals surface area contributed by atoms with Crippen LogP contribution in [0.4, 0.5) is 13.6 Å². The molecule has 2 amide bonds. The Morgan fingerprint density at radius 3 is 2.32 bits per heavy atom. The van der Waals surface area contributed by atoms with Crippen LogP contribution >= 0.6 is 0 Å². The van der Waals surface area contributed by atoms with Crippen molar-refractivity contribution in [2.24, 2.45) is 0 Å². The lowest BCUT2D eigenvalue weighted by Gasteiger charge is -2.28. The topological polar surface area (TPSA) is 111 Å². The maximum atomic E-state index is 13.7. The van der Waals surface area contributed by atoms with Crippen molar-refractivity contribution in [3.8, 4) is 0 Å². The predicted octanol–water partition coefficient (Wildman–Crippen LogP) is 3.15. The Morgan fingerprint density at radius 1 is 1.08 bits per heavy atom. The molecule has 0 aromatic heterocycles. The largest absolute Gasteiger partial charge is 0.444 e. The van der Waals surface area contributed by atoms with E-state index in [4.69, 9.17) is 4.74 Å². The Kier molecular flexibility index (Phi) is 12.6. The van der Waals surface area contributed by atoms with Crippen LogP contribution in [0.1, 0.15) is 44.7 Å². The van der Waals surface area contributed by atoms with Crippen molar-refractivity contribution in [1.82, 2.24) is 15.5 Å². The van der Waals surface area contributed by atoms with Crippen LogP contribution in [0.5, 0.6) is 0 Å². The van der Waals surface area contributed by atoms with Crippen LogP contribution in [0.2, 0.25) is 0 Å². The first-order valence-corrected chi connectivity index (χ1v) is 12.7. The second-order valence-corrected chi connectivity index (χ2v) is 10.4. The minimum Gasteiger partial charge on any atom is -0.444 e. The number of aliphatic hydroxyl groups is 2. The predicted molar refractivity (Wildman–Crippen MR) is 140 cm³/mol. The van der Waals surface area contributed by atoms with Gasteiger partial charge in [0.2, 0.25) is 6.41 Å². The maximum absolute atomic E-state index is 13.7. The molecule has 0 fully saturated rings. The van der Waals surface area contributed by atoms with Gasteiger partial charge in [-0.25, -0.2) is 13.6 Å². The molecule has 8 nitrogen and oxygen atoms in total. The normalized spacial score (nSPS) is 13.9. The van der Waals surface area contributed by atoms with Crippen molar-refractivity contribution in [2.45, 2.75) is 70.4 Å². The number of benzene rings is 2. The molecule has 38 heavy (non-hydrogen) atoms. The van der Waals surface area contributed by atoms with E-state index in [9.17, 15) is 28.6 Å². The molecule has 210 valence electrons. The highest BCUT2D eigenvalue weighted by Crippen LogP contribution is 2.14. The molecule has 0 radical (unpaired) electrons. The van der Waals surface area contributed by atoms with Gasteiger partial charge in [-0.1, -0.05) is 30.3 Å². The summed E-state index contributed by atoms with van der Waals surface area (Å²) in [6, 6.07) is 11.8. The number of alkyl carbamates (subject to hydrolysis) is 1. The number of aliphatic hydroxyl groups excluding tert-OH is 2. The van der Waals surface area contributed by atoms with Crippen molar-refractivity contribution in [3.63, 3.8) is 0 Å². The minimum absolute atomic E-state index is 0.161. The van der Waals surface area contributed by atoms with Gasteiger partial charge in [0.05, 0.1) is 12.7 Å². The highest BCUT2D eigenvalue weighted by molar-refractivity contribution is 5.68. The summed E-state index contributed by atoms with van der Waals surface area (Å²) in [5, 5.41) is 25.4. The van der Waals surface area contributed by atoms with E-state index < -0.39 is 42.1 Å². The van der Waals surface area contributed by atoms with Gasteiger partial charge in [-0.05, 0) is 69.8 Å². The summed E-state index contributed by atoms with van der Waals surface area (Å²) in [6.07, 6.45) is -0.185. The Morgan fingerprint density at radius 2 is 1.74 bits per heavy atom. The number of nitrogens with one attached hydrogen (secondary N) is 2. The van der Waals surface area contributed by atoms with E-state index in [0.29, 0.717) is 25.1 Å². The summed E-state index contributed by atoms with van der Waals surface area (Å²) in [4.78, 5) is 25.7. The molecule has 2 unspecified atom stereocenters. The number of halogens is 2. The summed E-state index contributed by atoms with van der Waals surface area (Å²) in [5.74, 6) is -1.42. The molecule has 0 aliphatic carbocycles. The van der Waals surface area contributed by atoms with E-state index in [1.165, 1.54) is 12.1 Å². The number of ether oxygens (including phenoxy) is 1. The molecule has 0 saturated carbocycles. The molecule has 2 aromatic carbocycles. The molecule has 3 atom stereocenters. The lowest BCUT2D eigenvalue weighted by atomic mass is 10.0. The SMILES string of the molecule is CC(C)(C)OC(=O)N[C@H](CCNC(CC(O)CO)CN(C=O)Cc1ccccc1)Cc1cc(F)cc(F)c1. The second kappa shape index (κ2) is 15.4. The highest BCUT2D eigenvalue weighted by Gasteiger charge is 2.22. The maximum Gasteiger partial charge on any atom is 0.407 e. The van der Waals surface area contributed by atoms with Crippen LogP contribution in [0.3, 0.4) is 0 Å². The average Bonchev–Trinajstić information content (AvgIpc) is 2.82. The monoisotopic (exact) mass is 535 g/mol. The fourth-order valence-corrected chi connectivity index (χ4v) is 4.05. The van der Waals surface area contributed by atoms with Crippen molar-refractivity contribution in [1.29, 1.82) is 0 Å². The van der Waals surface area contributed by atoms with Crippen LogP contribution in [-0.2, 0) is 22.5 Å². The smallest absolute Gasteiger partial charge is 0.407 e. The van der Waals surface area contributed by atoms with Gasteiger partial charge in [-0.15, -0.1) is 0 Å². The summed E-state index contributed by atoms with van der Waals surface area (Å²) >= 11 is 0.